The number of nitrogens with zero attached hydrogens (tertiary/aromatic N) is 5. The molecule has 0 bridgehead atoms. The molecule has 0 aromatic carbocycles. The maximum Gasteiger partial charge on any atom is 0.305 e. The first-order valence-corrected chi connectivity index (χ1v) is 5.98. The van der Waals surface area contributed by atoms with Crippen LogP contribution >= 0.6 is 0 Å². The number of methoxy groups -OCH3 is 1. The molecule has 0 aliphatic carbocycles. The van der Waals surface area contributed by atoms with Gasteiger partial charge in [-0.1, -0.05) is 0 Å². The maximum atomic E-state index is 10.7. The molecule has 1 N–H and O–H groups in total. The molecule has 0 saturated carbocycles. The second kappa shape index (κ2) is 6.44. The molecule has 0 aliphatic rings. The average Bonchev–Trinajstić information content (AvgIpc) is 2.92. The highest BCUT2D eigenvalue weighted by Gasteiger charge is 2.15. The fourth-order valence-electron chi connectivity index (χ4n) is 1.63. The van der Waals surface area contributed by atoms with Gasteiger partial charge in [0.1, 0.15) is 11.9 Å². The Bertz CT molecular complexity index is 691. The summed E-state index contributed by atoms with van der Waals surface area (Å²) in [5.74, 6) is 0.337. The third-order valence-electron chi connectivity index (χ3n) is 2.61. The molecule has 0 unspecified atom stereocenters. The molecule has 2 heterocycles. The van der Waals surface area contributed by atoms with Crippen molar-refractivity contribution in [2.24, 2.45) is 0 Å². The van der Waals surface area contributed by atoms with Gasteiger partial charge in [-0.3, -0.25) is 14.8 Å². The summed E-state index contributed by atoms with van der Waals surface area (Å²) in [7, 11) is 1.60. The van der Waals surface area contributed by atoms with Crippen LogP contribution in [0.4, 0.5) is 17.2 Å². The Hall–Kier alpha value is -2.99. The highest BCUT2D eigenvalue weighted by atomic mass is 16.6. The molecule has 108 valence electrons. The van der Waals surface area contributed by atoms with E-state index in [1.54, 1.807) is 30.3 Å². The van der Waals surface area contributed by atoms with Gasteiger partial charge in [-0.05, 0) is 6.07 Å². The molecule has 2 aromatic rings. The van der Waals surface area contributed by atoms with Crippen molar-refractivity contribution in [2.75, 3.05) is 19.0 Å². The molecule has 2 aromatic heterocycles. The number of hydrogen-bond acceptors (Lipinski definition) is 7. The molecular formula is C12H12N6O3. The van der Waals surface area contributed by atoms with Crippen LogP contribution in [0.3, 0.4) is 0 Å². The van der Waals surface area contributed by atoms with E-state index in [1.165, 1.54) is 12.1 Å². The van der Waals surface area contributed by atoms with E-state index < -0.39 is 4.92 Å². The highest BCUT2D eigenvalue weighted by Crippen LogP contribution is 2.20. The van der Waals surface area contributed by atoms with Crippen LogP contribution in [0, 0.1) is 21.4 Å². The van der Waals surface area contributed by atoms with E-state index in [4.69, 9.17) is 10.00 Å². The van der Waals surface area contributed by atoms with Crippen LogP contribution in [0.25, 0.3) is 0 Å². The monoisotopic (exact) mass is 288 g/mol. The molecule has 0 saturated heterocycles. The molecule has 0 atom stereocenters. The Labute approximate surface area is 119 Å². The summed E-state index contributed by atoms with van der Waals surface area (Å²) in [6, 6.07) is 4.38. The zero-order valence-electron chi connectivity index (χ0n) is 11.2. The van der Waals surface area contributed by atoms with Crippen LogP contribution < -0.4 is 5.32 Å². The van der Waals surface area contributed by atoms with Crippen LogP contribution in [-0.4, -0.2) is 33.4 Å². The lowest BCUT2D eigenvalue weighted by molar-refractivity contribution is -0.385. The predicted molar refractivity (Wildman–Crippen MR) is 73.0 cm³/mol. The second-order valence-corrected chi connectivity index (χ2v) is 4.04. The van der Waals surface area contributed by atoms with Crippen molar-refractivity contribution in [3.05, 3.63) is 40.3 Å². The molecular weight excluding hydrogens is 276 g/mol. The summed E-state index contributed by atoms with van der Waals surface area (Å²) in [5, 5.41) is 26.7. The number of nitro groups is 1. The minimum Gasteiger partial charge on any atom is -0.383 e. The molecule has 9 nitrogen and oxygen atoms in total. The topological polar surface area (TPSA) is 119 Å². The Morgan fingerprint density at radius 3 is 3.05 bits per heavy atom. The minimum absolute atomic E-state index is 0.239. The van der Waals surface area contributed by atoms with Crippen LogP contribution in [-0.2, 0) is 11.3 Å². The summed E-state index contributed by atoms with van der Waals surface area (Å²) >= 11 is 0. The Morgan fingerprint density at radius 2 is 2.38 bits per heavy atom. The van der Waals surface area contributed by atoms with Crippen molar-refractivity contribution in [3.8, 4) is 6.07 Å². The number of hydrogen-bond donors (Lipinski definition) is 1. The SMILES string of the molecule is COCCn1cc(Nc2ccc([N+](=O)[O-])c(C#N)n2)cn1. The first kappa shape index (κ1) is 14.4. The molecule has 0 spiro atoms. The largest absolute Gasteiger partial charge is 0.383 e. The lowest BCUT2D eigenvalue weighted by atomic mass is 10.3. The van der Waals surface area contributed by atoms with E-state index in [9.17, 15) is 10.1 Å². The Balaban J connectivity index is 2.14. The zero-order chi connectivity index (χ0) is 15.2. The van der Waals surface area contributed by atoms with Gasteiger partial charge in [-0.15, -0.1) is 0 Å². The summed E-state index contributed by atoms with van der Waals surface area (Å²) in [6.45, 7) is 1.14. The average molecular weight is 288 g/mol. The van der Waals surface area contributed by atoms with Gasteiger partial charge in [0.25, 0.3) is 0 Å². The molecule has 0 aliphatic heterocycles. The quantitative estimate of drug-likeness (QED) is 0.631. The summed E-state index contributed by atoms with van der Waals surface area (Å²) < 4.78 is 6.63. The van der Waals surface area contributed by atoms with Gasteiger partial charge in [0.2, 0.25) is 5.69 Å². The molecule has 0 amide bonds. The van der Waals surface area contributed by atoms with Gasteiger partial charge in [0, 0.05) is 19.4 Å². The van der Waals surface area contributed by atoms with E-state index in [0.717, 1.165) is 0 Å². The van der Waals surface area contributed by atoms with Gasteiger partial charge < -0.3 is 10.1 Å². The number of aromatic nitrogens is 3. The molecule has 21 heavy (non-hydrogen) atoms. The lowest BCUT2D eigenvalue weighted by Gasteiger charge is -2.03. The first-order chi connectivity index (χ1) is 10.1. The molecule has 2 rings (SSSR count). The van der Waals surface area contributed by atoms with E-state index in [1.807, 2.05) is 0 Å². The Kier molecular flexibility index (Phi) is 4.43. The van der Waals surface area contributed by atoms with Crippen molar-refractivity contribution in [3.63, 3.8) is 0 Å². The van der Waals surface area contributed by atoms with Crippen molar-refractivity contribution in [1.82, 2.24) is 14.8 Å². The van der Waals surface area contributed by atoms with E-state index >= 15 is 0 Å². The molecule has 0 fully saturated rings. The number of pyridine rings is 1. The molecule has 0 radical (unpaired) electrons. The third kappa shape index (κ3) is 3.52. The fraction of sp³-hybridized carbons (Fsp3) is 0.250. The zero-order valence-corrected chi connectivity index (χ0v) is 11.2. The van der Waals surface area contributed by atoms with Gasteiger partial charge in [-0.25, -0.2) is 4.98 Å². The van der Waals surface area contributed by atoms with E-state index in [2.05, 4.69) is 15.4 Å². The number of rotatable bonds is 6. The number of ether oxygens (including phenoxy) is 1. The van der Waals surface area contributed by atoms with E-state index in [0.29, 0.717) is 24.7 Å². The predicted octanol–water partition coefficient (Wildman–Crippen LogP) is 1.45. The normalized spacial score (nSPS) is 10.1. The van der Waals surface area contributed by atoms with Gasteiger partial charge >= 0.3 is 5.69 Å². The second-order valence-electron chi connectivity index (χ2n) is 4.04. The number of anilines is 2. The van der Waals surface area contributed by atoms with Crippen LogP contribution in [0.15, 0.2) is 24.5 Å². The minimum atomic E-state index is -0.641. The Morgan fingerprint density at radius 1 is 1.57 bits per heavy atom. The van der Waals surface area contributed by atoms with Gasteiger partial charge in [-0.2, -0.15) is 10.4 Å². The highest BCUT2D eigenvalue weighted by molar-refractivity contribution is 5.58. The van der Waals surface area contributed by atoms with Crippen molar-refractivity contribution in [2.45, 2.75) is 6.54 Å². The van der Waals surface area contributed by atoms with Crippen LogP contribution in [0.1, 0.15) is 5.69 Å². The van der Waals surface area contributed by atoms with Crippen LogP contribution in [0.5, 0.6) is 0 Å². The number of nitrogens with one attached hydrogen (secondary N) is 1. The van der Waals surface area contributed by atoms with E-state index in [-0.39, 0.29) is 11.4 Å². The number of nitriles is 1. The van der Waals surface area contributed by atoms with Crippen molar-refractivity contribution >= 4 is 17.2 Å². The maximum absolute atomic E-state index is 10.7. The van der Waals surface area contributed by atoms with Gasteiger partial charge in [0.15, 0.2) is 0 Å². The third-order valence-corrected chi connectivity index (χ3v) is 2.61. The van der Waals surface area contributed by atoms with Crippen molar-refractivity contribution in [1.29, 1.82) is 5.26 Å². The van der Waals surface area contributed by atoms with Crippen LogP contribution in [0.2, 0.25) is 0 Å². The fourth-order valence-corrected chi connectivity index (χ4v) is 1.63. The smallest absolute Gasteiger partial charge is 0.305 e. The van der Waals surface area contributed by atoms with Crippen molar-refractivity contribution < 1.29 is 9.66 Å². The molecule has 9 heteroatoms. The summed E-state index contributed by atoms with van der Waals surface area (Å²) in [4.78, 5) is 14.0. The first-order valence-electron chi connectivity index (χ1n) is 5.98. The summed E-state index contributed by atoms with van der Waals surface area (Å²) in [5.41, 5.74) is 0.104. The lowest BCUT2D eigenvalue weighted by Crippen LogP contribution is -2.04. The summed E-state index contributed by atoms with van der Waals surface area (Å²) in [6.07, 6.45) is 3.33. The standard InChI is InChI=1S/C12H12N6O3/c1-21-5-4-17-8-9(7-14-17)15-12-3-2-11(18(19)20)10(6-13)16-12/h2-3,7-8H,4-5H2,1H3,(H,15,16). The van der Waals surface area contributed by atoms with Gasteiger partial charge in [0.05, 0.1) is 30.0 Å².